The molecule has 0 aliphatic carbocycles. The predicted molar refractivity (Wildman–Crippen MR) is 147 cm³/mol. The van der Waals surface area contributed by atoms with Crippen LogP contribution in [0.4, 0.5) is 4.39 Å². The fraction of sp³-hybridized carbons (Fsp3) is 0.214. The minimum absolute atomic E-state index is 0.100. The van der Waals surface area contributed by atoms with Gasteiger partial charge in [0.05, 0.1) is 35.0 Å². The number of aromatic nitrogens is 6. The molecule has 1 amide bonds. The quantitative estimate of drug-likeness (QED) is 0.332. The van der Waals surface area contributed by atoms with Gasteiger partial charge < -0.3 is 14.8 Å². The molecule has 3 aromatic heterocycles. The number of aromatic amines is 1. The number of nitrogens with zero attached hydrogens (tertiary/aromatic N) is 7. The molecule has 2 unspecified atom stereocenters. The fourth-order valence-corrected chi connectivity index (χ4v) is 5.48. The van der Waals surface area contributed by atoms with E-state index >= 15 is 0 Å². The van der Waals surface area contributed by atoms with Crippen LogP contribution < -0.4 is 5.32 Å². The van der Waals surface area contributed by atoms with Crippen molar-refractivity contribution >= 4 is 28.5 Å². The first-order valence-corrected chi connectivity index (χ1v) is 13.0. The smallest absolute Gasteiger partial charge is 0.254 e. The molecule has 1 aliphatic rings. The number of H-pyrrole nitrogens is 1. The van der Waals surface area contributed by atoms with Crippen LogP contribution in [0.2, 0.25) is 5.02 Å². The molecule has 0 radical (unpaired) electrons. The van der Waals surface area contributed by atoms with Crippen LogP contribution in [0.15, 0.2) is 61.1 Å². The van der Waals surface area contributed by atoms with E-state index in [1.807, 2.05) is 31.3 Å². The number of hydrogen-bond donors (Lipinski definition) is 2. The van der Waals surface area contributed by atoms with E-state index in [0.29, 0.717) is 53.5 Å². The van der Waals surface area contributed by atoms with Crippen LogP contribution in [0, 0.1) is 17.1 Å². The molecule has 1 saturated heterocycles. The fourth-order valence-electron chi connectivity index (χ4n) is 5.31. The van der Waals surface area contributed by atoms with Crippen LogP contribution in [0.3, 0.4) is 0 Å². The first-order chi connectivity index (χ1) is 19.4. The zero-order chi connectivity index (χ0) is 27.8. The molecule has 12 heteroatoms. The zero-order valence-electron chi connectivity index (χ0n) is 21.3. The Morgan fingerprint density at radius 3 is 2.85 bits per heavy atom. The number of carbonyl (C=O) groups excluding carboxylic acids is 1. The van der Waals surface area contributed by atoms with Crippen LogP contribution in [-0.2, 0) is 0 Å². The highest BCUT2D eigenvalue weighted by Gasteiger charge is 2.32. The normalized spacial score (nSPS) is 17.6. The number of amides is 1. The average molecular weight is 556 g/mol. The van der Waals surface area contributed by atoms with Crippen molar-refractivity contribution in [3.05, 3.63) is 83.0 Å². The minimum Gasteiger partial charge on any atom is -0.348 e. The van der Waals surface area contributed by atoms with Gasteiger partial charge in [-0.2, -0.15) is 10.4 Å². The van der Waals surface area contributed by atoms with E-state index in [0.717, 1.165) is 5.52 Å². The summed E-state index contributed by atoms with van der Waals surface area (Å²) in [7, 11) is 1.97. The summed E-state index contributed by atoms with van der Waals surface area (Å²) in [6.45, 7) is 1.23. The summed E-state index contributed by atoms with van der Waals surface area (Å²) < 4.78 is 16.5. The van der Waals surface area contributed by atoms with Crippen molar-refractivity contribution in [3.63, 3.8) is 0 Å². The third-order valence-corrected chi connectivity index (χ3v) is 7.24. The lowest BCUT2D eigenvalue weighted by atomic mass is 9.99. The maximum Gasteiger partial charge on any atom is 0.254 e. The number of nitriles is 1. The van der Waals surface area contributed by atoms with Gasteiger partial charge >= 0.3 is 0 Å². The Balaban J connectivity index is 1.43. The number of pyridine rings is 1. The van der Waals surface area contributed by atoms with Gasteiger partial charge in [-0.25, -0.2) is 14.4 Å². The molecule has 0 saturated carbocycles. The maximum absolute atomic E-state index is 14.4. The number of likely N-dealkylation sites (tertiary alicyclic amines) is 1. The average Bonchev–Trinajstić information content (AvgIpc) is 3.62. The van der Waals surface area contributed by atoms with Gasteiger partial charge in [0.1, 0.15) is 29.2 Å². The second-order valence-electron chi connectivity index (χ2n) is 9.76. The van der Waals surface area contributed by atoms with Gasteiger partial charge in [0.2, 0.25) is 0 Å². The molecule has 5 aromatic rings. The molecule has 40 heavy (non-hydrogen) atoms. The van der Waals surface area contributed by atoms with E-state index < -0.39 is 11.7 Å². The highest BCUT2D eigenvalue weighted by atomic mass is 35.5. The SMILES string of the molecule is CN1CC(NC(=O)c2cc(Cl)ccc2F)CC(n2c(-c3ccccc3C#N)nc3cnc(-c4ncn[nH]4)cc32)C1. The molecule has 1 fully saturated rings. The molecule has 2 N–H and O–H groups in total. The Bertz CT molecular complexity index is 1760. The molecule has 10 nitrogen and oxygen atoms in total. The van der Waals surface area contributed by atoms with Crippen molar-refractivity contribution in [1.82, 2.24) is 39.9 Å². The number of piperidine rings is 1. The molecule has 4 heterocycles. The summed E-state index contributed by atoms with van der Waals surface area (Å²) in [4.78, 5) is 28.8. The third-order valence-electron chi connectivity index (χ3n) is 7.01. The number of carbonyl (C=O) groups is 1. The summed E-state index contributed by atoms with van der Waals surface area (Å²) in [5.41, 5.74) is 3.13. The van der Waals surface area contributed by atoms with Crippen molar-refractivity contribution in [2.75, 3.05) is 20.1 Å². The predicted octanol–water partition coefficient (Wildman–Crippen LogP) is 4.22. The van der Waals surface area contributed by atoms with Crippen molar-refractivity contribution in [3.8, 4) is 29.0 Å². The molecule has 2 aromatic carbocycles. The van der Waals surface area contributed by atoms with E-state index in [4.69, 9.17) is 16.6 Å². The number of fused-ring (bicyclic) bond motifs is 1. The van der Waals surface area contributed by atoms with Crippen LogP contribution in [0.1, 0.15) is 28.4 Å². The Morgan fingerprint density at radius 2 is 2.05 bits per heavy atom. The maximum atomic E-state index is 14.4. The second kappa shape index (κ2) is 10.5. The van der Waals surface area contributed by atoms with Crippen LogP contribution in [0.25, 0.3) is 33.9 Å². The molecule has 2 atom stereocenters. The van der Waals surface area contributed by atoms with Gasteiger partial charge in [0.15, 0.2) is 5.82 Å². The topological polar surface area (TPSA) is 128 Å². The second-order valence-corrected chi connectivity index (χ2v) is 10.2. The highest BCUT2D eigenvalue weighted by Crippen LogP contribution is 2.35. The van der Waals surface area contributed by atoms with Gasteiger partial charge in [-0.3, -0.25) is 14.9 Å². The van der Waals surface area contributed by atoms with Crippen LogP contribution in [-0.4, -0.2) is 66.7 Å². The third kappa shape index (κ3) is 4.79. The van der Waals surface area contributed by atoms with Gasteiger partial charge in [-0.1, -0.05) is 23.7 Å². The number of rotatable bonds is 5. The van der Waals surface area contributed by atoms with Crippen LogP contribution >= 0.6 is 11.6 Å². The molecule has 0 bridgehead atoms. The van der Waals surface area contributed by atoms with Crippen molar-refractivity contribution in [2.45, 2.75) is 18.5 Å². The number of likely N-dealkylation sites (N-methyl/N-ethyl adjacent to an activating group) is 1. The van der Waals surface area contributed by atoms with Crippen LogP contribution in [0.5, 0.6) is 0 Å². The van der Waals surface area contributed by atoms with Crippen molar-refractivity contribution < 1.29 is 9.18 Å². The summed E-state index contributed by atoms with van der Waals surface area (Å²) in [5.74, 6) is -0.0227. The Hall–Kier alpha value is -4.66. The standard InChI is InChI=1S/C28H23ClFN9O/c1-38-13-18(35-28(40)21-8-17(29)6-7-22(21)30)9-19(14-38)39-25-10-23(26-33-15-34-37-26)32-12-24(25)36-27(39)20-5-3-2-4-16(20)11-31/h2-8,10,12,15,18-19H,9,13-14H2,1H3,(H,35,40)(H,33,34,37). The molecule has 200 valence electrons. The summed E-state index contributed by atoms with van der Waals surface area (Å²) >= 11 is 6.02. The summed E-state index contributed by atoms with van der Waals surface area (Å²) in [5, 5.41) is 19.9. The monoisotopic (exact) mass is 555 g/mol. The lowest BCUT2D eigenvalue weighted by molar-refractivity contribution is 0.0890. The first-order valence-electron chi connectivity index (χ1n) is 12.6. The Morgan fingerprint density at radius 1 is 1.20 bits per heavy atom. The molecule has 6 rings (SSSR count). The molecular weight excluding hydrogens is 533 g/mol. The molecule has 1 aliphatic heterocycles. The van der Waals surface area contributed by atoms with Gasteiger partial charge in [-0.15, -0.1) is 0 Å². The van der Waals surface area contributed by atoms with E-state index in [1.165, 1.54) is 24.5 Å². The summed E-state index contributed by atoms with van der Waals surface area (Å²) in [6, 6.07) is 15.0. The minimum atomic E-state index is -0.633. The van der Waals surface area contributed by atoms with E-state index in [-0.39, 0.29) is 22.7 Å². The zero-order valence-corrected chi connectivity index (χ0v) is 22.1. The van der Waals surface area contributed by atoms with Gasteiger partial charge in [0.25, 0.3) is 5.91 Å². The molecular formula is C28H23ClFN9O. The Labute approximate surface area is 233 Å². The number of halogens is 2. The molecule has 0 spiro atoms. The summed E-state index contributed by atoms with van der Waals surface area (Å²) in [6.07, 6.45) is 3.64. The number of hydrogen-bond acceptors (Lipinski definition) is 7. The van der Waals surface area contributed by atoms with E-state index in [9.17, 15) is 14.4 Å². The van der Waals surface area contributed by atoms with Crippen molar-refractivity contribution in [2.24, 2.45) is 0 Å². The lowest BCUT2D eigenvalue weighted by Gasteiger charge is -2.37. The van der Waals surface area contributed by atoms with Gasteiger partial charge in [0, 0.05) is 29.7 Å². The number of nitrogens with one attached hydrogen (secondary N) is 2. The number of benzene rings is 2. The van der Waals surface area contributed by atoms with E-state index in [2.05, 4.69) is 41.0 Å². The highest BCUT2D eigenvalue weighted by molar-refractivity contribution is 6.31. The number of imidazole rings is 1. The van der Waals surface area contributed by atoms with Gasteiger partial charge in [-0.05, 0) is 49.9 Å². The Kier molecular flexibility index (Phi) is 6.71. The largest absolute Gasteiger partial charge is 0.348 e. The first kappa shape index (κ1) is 25.6. The lowest BCUT2D eigenvalue weighted by Crippen LogP contribution is -2.50. The van der Waals surface area contributed by atoms with E-state index in [1.54, 1.807) is 12.3 Å². The van der Waals surface area contributed by atoms with Crippen molar-refractivity contribution in [1.29, 1.82) is 5.26 Å².